The Kier molecular flexibility index (Phi) is 2.98. The normalized spacial score (nSPS) is 17.5. The van der Waals surface area contributed by atoms with Crippen molar-refractivity contribution >= 4 is 22.6 Å². The molecule has 4 rings (SSSR count). The van der Waals surface area contributed by atoms with Crippen LogP contribution in [0.3, 0.4) is 0 Å². The molecule has 0 atom stereocenters. The summed E-state index contributed by atoms with van der Waals surface area (Å²) in [6.07, 6.45) is 5.39. The Balaban J connectivity index is 1.99. The summed E-state index contributed by atoms with van der Waals surface area (Å²) in [5.41, 5.74) is 0.166. The van der Waals surface area contributed by atoms with Crippen molar-refractivity contribution in [1.29, 1.82) is 0 Å². The molecule has 0 bridgehead atoms. The molecule has 6 heteroatoms. The van der Waals surface area contributed by atoms with E-state index in [1.54, 1.807) is 6.07 Å². The molecule has 1 aromatic heterocycles. The van der Waals surface area contributed by atoms with Crippen molar-refractivity contribution in [2.24, 2.45) is 0 Å². The van der Waals surface area contributed by atoms with Crippen LogP contribution in [-0.4, -0.2) is 28.7 Å². The van der Waals surface area contributed by atoms with Gasteiger partial charge in [-0.05, 0) is 37.8 Å². The van der Waals surface area contributed by atoms with E-state index >= 15 is 0 Å². The topological polar surface area (TPSA) is 62.5 Å². The van der Waals surface area contributed by atoms with Crippen LogP contribution in [-0.2, 0) is 0 Å². The number of aromatic carboxylic acids is 1. The van der Waals surface area contributed by atoms with Gasteiger partial charge in [0.15, 0.2) is 0 Å². The highest BCUT2D eigenvalue weighted by Gasteiger charge is 2.30. The lowest BCUT2D eigenvalue weighted by molar-refractivity contribution is 0.0695. The van der Waals surface area contributed by atoms with Crippen molar-refractivity contribution in [2.45, 2.75) is 37.8 Å². The molecule has 0 saturated heterocycles. The number of carbonyl (C=O) groups is 1. The van der Waals surface area contributed by atoms with Gasteiger partial charge < -0.3 is 14.6 Å². The molecule has 0 aliphatic heterocycles. The maximum atomic E-state index is 14.5. The third-order valence-corrected chi connectivity index (χ3v) is 4.75. The highest BCUT2D eigenvalue weighted by molar-refractivity contribution is 5.93. The van der Waals surface area contributed by atoms with E-state index in [-0.39, 0.29) is 17.0 Å². The summed E-state index contributed by atoms with van der Waals surface area (Å²) in [7, 11) is 1.85. The van der Waals surface area contributed by atoms with Gasteiger partial charge in [-0.25, -0.2) is 9.18 Å². The summed E-state index contributed by atoms with van der Waals surface area (Å²) in [5.74, 6) is -1.75. The van der Waals surface area contributed by atoms with E-state index in [9.17, 15) is 19.1 Å². The minimum Gasteiger partial charge on any atom is -0.477 e. The summed E-state index contributed by atoms with van der Waals surface area (Å²) in [6.45, 7) is 0. The van der Waals surface area contributed by atoms with Crippen molar-refractivity contribution in [3.05, 3.63) is 39.9 Å². The molecule has 2 saturated carbocycles. The summed E-state index contributed by atoms with van der Waals surface area (Å²) in [6, 6.07) is 3.42. The van der Waals surface area contributed by atoms with Gasteiger partial charge in [-0.3, -0.25) is 4.79 Å². The van der Waals surface area contributed by atoms with Crippen LogP contribution in [0.1, 0.15) is 42.1 Å². The molecule has 2 aliphatic rings. The van der Waals surface area contributed by atoms with Crippen molar-refractivity contribution < 1.29 is 14.3 Å². The molecular weight excluding hydrogens is 299 g/mol. The third kappa shape index (κ3) is 2.29. The minimum absolute atomic E-state index is 0.141. The number of hydrogen-bond acceptors (Lipinski definition) is 3. The molecule has 1 heterocycles. The van der Waals surface area contributed by atoms with Crippen molar-refractivity contribution in [3.8, 4) is 0 Å². The standard InChI is InChI=1S/C17H17FN2O3/c1-19(9-2-3-9)15-7-14-11(6-13(15)18)16(21)12(17(22)23)8-20(14)10-4-5-10/h6-10H,2-5H2,1H3,(H,22,23). The number of halogens is 1. The Hall–Kier alpha value is -2.37. The zero-order chi connectivity index (χ0) is 16.3. The van der Waals surface area contributed by atoms with Gasteiger partial charge in [-0.2, -0.15) is 0 Å². The minimum atomic E-state index is -1.27. The second-order valence-corrected chi connectivity index (χ2v) is 6.48. The lowest BCUT2D eigenvalue weighted by atomic mass is 10.1. The van der Waals surface area contributed by atoms with E-state index in [1.165, 1.54) is 12.3 Å². The van der Waals surface area contributed by atoms with Crippen LogP contribution >= 0.6 is 0 Å². The molecular formula is C17H17FN2O3. The van der Waals surface area contributed by atoms with Gasteiger partial charge in [0.05, 0.1) is 11.2 Å². The van der Waals surface area contributed by atoms with Crippen LogP contribution < -0.4 is 10.3 Å². The average Bonchev–Trinajstić information content (AvgIpc) is 3.38. The molecule has 0 radical (unpaired) electrons. The molecule has 0 unspecified atom stereocenters. The highest BCUT2D eigenvalue weighted by Crippen LogP contribution is 2.39. The molecule has 120 valence electrons. The lowest BCUT2D eigenvalue weighted by Crippen LogP contribution is -2.22. The number of fused-ring (bicyclic) bond motifs is 1. The molecule has 2 aromatic rings. The molecule has 2 fully saturated rings. The van der Waals surface area contributed by atoms with E-state index < -0.39 is 17.2 Å². The van der Waals surface area contributed by atoms with Gasteiger partial charge in [0.2, 0.25) is 5.43 Å². The van der Waals surface area contributed by atoms with Crippen molar-refractivity contribution in [3.63, 3.8) is 0 Å². The molecule has 0 spiro atoms. The van der Waals surface area contributed by atoms with Crippen molar-refractivity contribution in [1.82, 2.24) is 4.57 Å². The first kappa shape index (κ1) is 14.2. The fraction of sp³-hybridized carbons (Fsp3) is 0.412. The van der Waals surface area contributed by atoms with Gasteiger partial charge >= 0.3 is 5.97 Å². The van der Waals surface area contributed by atoms with Gasteiger partial charge in [-0.15, -0.1) is 0 Å². The molecule has 5 nitrogen and oxygen atoms in total. The number of carboxylic acids is 1. The number of carboxylic acid groups (broad SMARTS) is 1. The molecule has 23 heavy (non-hydrogen) atoms. The number of pyridine rings is 1. The zero-order valence-corrected chi connectivity index (χ0v) is 12.8. The zero-order valence-electron chi connectivity index (χ0n) is 12.8. The fourth-order valence-electron chi connectivity index (χ4n) is 3.09. The molecule has 2 aliphatic carbocycles. The first-order chi connectivity index (χ1) is 11.0. The number of hydrogen-bond donors (Lipinski definition) is 1. The Morgan fingerprint density at radius 1 is 1.30 bits per heavy atom. The van der Waals surface area contributed by atoms with Crippen LogP contribution in [0.2, 0.25) is 0 Å². The van der Waals surface area contributed by atoms with Crippen LogP contribution in [0.5, 0.6) is 0 Å². The van der Waals surface area contributed by atoms with Crippen LogP contribution in [0.25, 0.3) is 10.9 Å². The predicted octanol–water partition coefficient (Wildman–Crippen LogP) is 2.77. The van der Waals surface area contributed by atoms with Crippen LogP contribution in [0.4, 0.5) is 10.1 Å². The molecule has 1 N–H and O–H groups in total. The number of rotatable bonds is 4. The quantitative estimate of drug-likeness (QED) is 0.942. The van der Waals surface area contributed by atoms with Crippen LogP contribution in [0.15, 0.2) is 23.1 Å². The maximum absolute atomic E-state index is 14.5. The number of nitrogens with zero attached hydrogens (tertiary/aromatic N) is 2. The molecule has 0 amide bonds. The van der Waals surface area contributed by atoms with E-state index in [4.69, 9.17) is 0 Å². The average molecular weight is 316 g/mol. The fourth-order valence-corrected chi connectivity index (χ4v) is 3.09. The summed E-state index contributed by atoms with van der Waals surface area (Å²) >= 11 is 0. The Morgan fingerprint density at radius 2 is 2.00 bits per heavy atom. The first-order valence-electron chi connectivity index (χ1n) is 7.82. The summed E-state index contributed by atoms with van der Waals surface area (Å²) in [4.78, 5) is 25.6. The van der Waals surface area contributed by atoms with Gasteiger partial charge in [0.25, 0.3) is 0 Å². The Bertz CT molecular complexity index is 882. The smallest absolute Gasteiger partial charge is 0.341 e. The number of anilines is 1. The van der Waals surface area contributed by atoms with Gasteiger partial charge in [0, 0.05) is 30.7 Å². The van der Waals surface area contributed by atoms with Crippen molar-refractivity contribution in [2.75, 3.05) is 11.9 Å². The van der Waals surface area contributed by atoms with E-state index in [0.717, 1.165) is 25.7 Å². The second kappa shape index (κ2) is 4.81. The Morgan fingerprint density at radius 3 is 2.57 bits per heavy atom. The SMILES string of the molecule is CN(c1cc2c(cc1F)c(=O)c(C(=O)O)cn2C1CC1)C1CC1. The summed E-state index contributed by atoms with van der Waals surface area (Å²) in [5, 5.41) is 9.37. The third-order valence-electron chi connectivity index (χ3n) is 4.75. The van der Waals surface area contributed by atoms with E-state index in [0.29, 0.717) is 17.2 Å². The van der Waals surface area contributed by atoms with Gasteiger partial charge in [-0.1, -0.05) is 0 Å². The monoisotopic (exact) mass is 316 g/mol. The van der Waals surface area contributed by atoms with Crippen LogP contribution in [0, 0.1) is 5.82 Å². The van der Waals surface area contributed by atoms with Gasteiger partial charge in [0.1, 0.15) is 11.4 Å². The second-order valence-electron chi connectivity index (χ2n) is 6.48. The summed E-state index contributed by atoms with van der Waals surface area (Å²) < 4.78 is 16.3. The lowest BCUT2D eigenvalue weighted by Gasteiger charge is -2.21. The first-order valence-corrected chi connectivity index (χ1v) is 7.82. The van der Waals surface area contributed by atoms with E-state index in [1.807, 2.05) is 16.5 Å². The number of aromatic nitrogens is 1. The highest BCUT2D eigenvalue weighted by atomic mass is 19.1. The Labute approximate surface area is 131 Å². The predicted molar refractivity (Wildman–Crippen MR) is 84.8 cm³/mol. The molecule has 1 aromatic carbocycles. The maximum Gasteiger partial charge on any atom is 0.341 e. The largest absolute Gasteiger partial charge is 0.477 e. The number of benzene rings is 1. The van der Waals surface area contributed by atoms with E-state index in [2.05, 4.69) is 0 Å².